The molecule has 0 radical (unpaired) electrons. The first-order valence-corrected chi connectivity index (χ1v) is 13.4. The quantitative estimate of drug-likeness (QED) is 0.264. The second kappa shape index (κ2) is 10.2. The van der Waals surface area contributed by atoms with Crippen molar-refractivity contribution in [1.82, 2.24) is 35.0 Å². The third kappa shape index (κ3) is 4.57. The monoisotopic (exact) mass is 551 g/mol. The molecular weight excluding hydrogens is 529 g/mol. The predicted octanol–water partition coefficient (Wildman–Crippen LogP) is 5.01. The van der Waals surface area contributed by atoms with Crippen LogP contribution in [0.15, 0.2) is 55.0 Å². The van der Waals surface area contributed by atoms with Crippen LogP contribution in [0.4, 0.5) is 4.39 Å². The Morgan fingerprint density at radius 1 is 1.18 bits per heavy atom. The summed E-state index contributed by atoms with van der Waals surface area (Å²) in [5.74, 6) is 0.159. The lowest BCUT2D eigenvalue weighted by atomic mass is 10.00. The van der Waals surface area contributed by atoms with Gasteiger partial charge in [-0.2, -0.15) is 5.10 Å². The van der Waals surface area contributed by atoms with Crippen LogP contribution in [0.5, 0.6) is 0 Å². The van der Waals surface area contributed by atoms with Crippen LogP contribution < -0.4 is 5.32 Å². The molecule has 5 aromatic rings. The molecule has 3 N–H and O–H groups in total. The first kappa shape index (κ1) is 24.7. The minimum atomic E-state index is -0.957. The molecule has 3 atom stereocenters. The first-order valence-electron chi connectivity index (χ1n) is 12.2. The van der Waals surface area contributed by atoms with Gasteiger partial charge in [-0.15, -0.1) is 11.3 Å². The molecular formula is C26H23ClFN7O2S. The van der Waals surface area contributed by atoms with Gasteiger partial charge in [-0.05, 0) is 43.2 Å². The summed E-state index contributed by atoms with van der Waals surface area (Å²) >= 11 is 7.21. The molecule has 194 valence electrons. The van der Waals surface area contributed by atoms with Crippen LogP contribution in [0, 0.1) is 5.82 Å². The number of hydrogen-bond acceptors (Lipinski definition) is 7. The largest absolute Gasteiger partial charge is 0.389 e. The number of hydrogen-bond donors (Lipinski definition) is 3. The second-order valence-electron chi connectivity index (χ2n) is 9.20. The molecule has 0 saturated heterocycles. The Morgan fingerprint density at radius 2 is 2.03 bits per heavy atom. The second-order valence-corrected chi connectivity index (χ2v) is 10.9. The smallest absolute Gasteiger partial charge is 0.261 e. The summed E-state index contributed by atoms with van der Waals surface area (Å²) in [6, 6.07) is 10.6. The number of aliphatic hydroxyl groups is 1. The number of rotatable bonds is 5. The zero-order valence-corrected chi connectivity index (χ0v) is 21.6. The number of aromatic amines is 1. The molecule has 0 bridgehead atoms. The number of carbonyl (C=O) groups is 1. The molecule has 4 heterocycles. The predicted molar refractivity (Wildman–Crippen MR) is 142 cm³/mol. The number of carbonyl (C=O) groups excluding carboxylic acids is 1. The van der Waals surface area contributed by atoms with Crippen molar-refractivity contribution in [3.05, 3.63) is 70.0 Å². The van der Waals surface area contributed by atoms with Crippen molar-refractivity contribution in [2.45, 2.75) is 43.9 Å². The Hall–Kier alpha value is -3.67. The van der Waals surface area contributed by atoms with Gasteiger partial charge in [0, 0.05) is 0 Å². The third-order valence-corrected chi connectivity index (χ3v) is 8.09. The summed E-state index contributed by atoms with van der Waals surface area (Å²) in [6.07, 6.45) is 4.90. The summed E-state index contributed by atoms with van der Waals surface area (Å²) in [6.45, 7) is 0. The van der Waals surface area contributed by atoms with Gasteiger partial charge in [0.15, 0.2) is 5.82 Å². The molecule has 1 aliphatic carbocycles. The Balaban J connectivity index is 1.46. The number of pyridine rings is 1. The van der Waals surface area contributed by atoms with Crippen LogP contribution in [-0.2, 0) is 0 Å². The standard InChI is InChI=1S/C26H23ClFN7O2S/c27-22-10-9-21(38-22)26(37)33-16-7-3-4-8-19(23(16)36)35-20-11-17(24-30-13-31-34-24)29-12-18(20)32-25(35)14-5-1-2-6-15(14)28/h1-2,5-6,9-13,16,19,23,36H,3-4,7-8H2,(H,33,37)(H,30,31,34)/t16-,19+,23+/m1/s1. The van der Waals surface area contributed by atoms with E-state index in [-0.39, 0.29) is 5.91 Å². The lowest BCUT2D eigenvalue weighted by Crippen LogP contribution is -2.46. The van der Waals surface area contributed by atoms with Gasteiger partial charge in [0.1, 0.15) is 29.2 Å². The number of imidazole rings is 1. The number of thiophene rings is 1. The summed E-state index contributed by atoms with van der Waals surface area (Å²) < 4.78 is 17.4. The van der Waals surface area contributed by atoms with Gasteiger partial charge < -0.3 is 15.0 Å². The minimum absolute atomic E-state index is 0.284. The Bertz CT molecular complexity index is 1600. The van der Waals surface area contributed by atoms with Crippen molar-refractivity contribution >= 4 is 39.9 Å². The number of aromatic nitrogens is 6. The summed E-state index contributed by atoms with van der Waals surface area (Å²) in [4.78, 5) is 26.8. The maximum absolute atomic E-state index is 15.0. The van der Waals surface area contributed by atoms with Crippen LogP contribution in [0.1, 0.15) is 41.4 Å². The Kier molecular flexibility index (Phi) is 6.64. The first-order chi connectivity index (χ1) is 18.5. The van der Waals surface area contributed by atoms with Crippen LogP contribution in [0.2, 0.25) is 4.34 Å². The molecule has 0 spiro atoms. The summed E-state index contributed by atoms with van der Waals surface area (Å²) in [5, 5.41) is 21.4. The van der Waals surface area contributed by atoms with E-state index >= 15 is 4.39 Å². The van der Waals surface area contributed by atoms with Crippen molar-refractivity contribution in [3.8, 4) is 22.9 Å². The molecule has 1 fully saturated rings. The highest BCUT2D eigenvalue weighted by atomic mass is 35.5. The van der Waals surface area contributed by atoms with Crippen LogP contribution >= 0.6 is 22.9 Å². The number of fused-ring (bicyclic) bond motifs is 1. The maximum atomic E-state index is 15.0. The molecule has 6 rings (SSSR count). The van der Waals surface area contributed by atoms with Gasteiger partial charge in [0.2, 0.25) is 0 Å². The Labute approximate surface area is 225 Å². The van der Waals surface area contributed by atoms with Crippen molar-refractivity contribution in [1.29, 1.82) is 0 Å². The van der Waals surface area contributed by atoms with Gasteiger partial charge in [0.25, 0.3) is 5.91 Å². The maximum Gasteiger partial charge on any atom is 0.261 e. The number of H-pyrrole nitrogens is 1. The fourth-order valence-corrected chi connectivity index (χ4v) is 6.01. The lowest BCUT2D eigenvalue weighted by molar-refractivity contribution is 0.0659. The van der Waals surface area contributed by atoms with Crippen LogP contribution in [-0.4, -0.2) is 52.9 Å². The number of halogens is 2. The van der Waals surface area contributed by atoms with E-state index < -0.39 is 24.0 Å². The van der Waals surface area contributed by atoms with Crippen molar-refractivity contribution < 1.29 is 14.3 Å². The molecule has 1 aromatic carbocycles. The average Bonchev–Trinajstić information content (AvgIpc) is 3.66. The van der Waals surface area contributed by atoms with E-state index in [2.05, 4.69) is 25.5 Å². The number of aliphatic hydroxyl groups excluding tert-OH is 1. The highest BCUT2D eigenvalue weighted by Crippen LogP contribution is 2.37. The van der Waals surface area contributed by atoms with Gasteiger partial charge in [-0.3, -0.25) is 14.9 Å². The topological polar surface area (TPSA) is 122 Å². The normalized spacial score (nSPS) is 19.9. The van der Waals surface area contributed by atoms with E-state index in [1.54, 1.807) is 36.5 Å². The fourth-order valence-electron chi connectivity index (χ4n) is 5.07. The van der Waals surface area contributed by atoms with Crippen molar-refractivity contribution in [2.24, 2.45) is 0 Å². The summed E-state index contributed by atoms with van der Waals surface area (Å²) in [5.41, 5.74) is 2.08. The van der Waals surface area contributed by atoms with Gasteiger partial charge in [-0.25, -0.2) is 14.4 Å². The highest BCUT2D eigenvalue weighted by Gasteiger charge is 2.35. The number of nitrogens with one attached hydrogen (secondary N) is 2. The third-order valence-electron chi connectivity index (χ3n) is 6.86. The van der Waals surface area contributed by atoms with Gasteiger partial charge in [-0.1, -0.05) is 36.6 Å². The zero-order valence-electron chi connectivity index (χ0n) is 20.0. The van der Waals surface area contributed by atoms with E-state index in [0.717, 1.165) is 12.8 Å². The average molecular weight is 552 g/mol. The van der Waals surface area contributed by atoms with E-state index in [9.17, 15) is 9.90 Å². The van der Waals surface area contributed by atoms with E-state index in [1.165, 1.54) is 23.7 Å². The van der Waals surface area contributed by atoms with Gasteiger partial charge >= 0.3 is 0 Å². The van der Waals surface area contributed by atoms with E-state index in [4.69, 9.17) is 16.6 Å². The number of amides is 1. The molecule has 38 heavy (non-hydrogen) atoms. The van der Waals surface area contributed by atoms with E-state index in [1.807, 2.05) is 10.6 Å². The zero-order chi connectivity index (χ0) is 26.2. The molecule has 1 aliphatic rings. The van der Waals surface area contributed by atoms with Crippen LogP contribution in [0.3, 0.4) is 0 Å². The molecule has 1 amide bonds. The number of benzene rings is 1. The Morgan fingerprint density at radius 3 is 2.79 bits per heavy atom. The lowest BCUT2D eigenvalue weighted by Gasteiger charge is -2.30. The van der Waals surface area contributed by atoms with Crippen molar-refractivity contribution in [3.63, 3.8) is 0 Å². The van der Waals surface area contributed by atoms with Crippen molar-refractivity contribution in [2.75, 3.05) is 0 Å². The molecule has 0 unspecified atom stereocenters. The SMILES string of the molecule is O=C(N[C@@H]1CCCC[C@H](n2c(-c3ccccc3F)nc3cnc(-c4ncn[nH]4)cc32)[C@H]1O)c1ccc(Cl)s1. The van der Waals surface area contributed by atoms with Gasteiger partial charge in [0.05, 0.1) is 44.7 Å². The highest BCUT2D eigenvalue weighted by molar-refractivity contribution is 7.18. The fraction of sp³-hybridized carbons (Fsp3) is 0.269. The molecule has 12 heteroatoms. The molecule has 0 aliphatic heterocycles. The number of nitrogens with zero attached hydrogens (tertiary/aromatic N) is 5. The molecule has 4 aromatic heterocycles. The summed E-state index contributed by atoms with van der Waals surface area (Å²) in [7, 11) is 0. The molecule has 1 saturated carbocycles. The van der Waals surface area contributed by atoms with E-state index in [0.29, 0.717) is 56.0 Å². The minimum Gasteiger partial charge on any atom is -0.389 e. The van der Waals surface area contributed by atoms with Crippen LogP contribution in [0.25, 0.3) is 33.9 Å². The molecule has 9 nitrogen and oxygen atoms in total.